The van der Waals surface area contributed by atoms with E-state index in [-0.39, 0.29) is 0 Å². The molecule has 0 amide bonds. The largest absolute Gasteiger partial charge is 0.323 e. The van der Waals surface area contributed by atoms with Crippen LogP contribution in [-0.4, -0.2) is 25.0 Å². The van der Waals surface area contributed by atoms with Crippen molar-refractivity contribution in [1.82, 2.24) is 25.0 Å². The summed E-state index contributed by atoms with van der Waals surface area (Å²) in [6.07, 6.45) is 5.38. The van der Waals surface area contributed by atoms with Crippen LogP contribution < -0.4 is 5.32 Å². The first-order valence-electron chi connectivity index (χ1n) is 4.87. The molecule has 2 N–H and O–H groups in total. The predicted octanol–water partition coefficient (Wildman–Crippen LogP) is 1.43. The Kier molecular flexibility index (Phi) is 1.86. The quantitative estimate of drug-likeness (QED) is 0.677. The maximum absolute atomic E-state index is 4.26. The Labute approximate surface area is 91.3 Å². The molecule has 0 atom stereocenters. The van der Waals surface area contributed by atoms with Crippen LogP contribution in [0.4, 0.5) is 11.6 Å². The van der Waals surface area contributed by atoms with Crippen molar-refractivity contribution in [3.8, 4) is 0 Å². The first-order valence-corrected chi connectivity index (χ1v) is 4.87. The number of aromatic nitrogens is 5. The third kappa shape index (κ3) is 1.50. The number of aryl methyl sites for hydroxylation is 1. The van der Waals surface area contributed by atoms with Crippen molar-refractivity contribution in [2.24, 2.45) is 7.05 Å². The maximum Gasteiger partial charge on any atom is 0.153 e. The molecule has 16 heavy (non-hydrogen) atoms. The summed E-state index contributed by atoms with van der Waals surface area (Å²) in [5.41, 5.74) is 0.952. The first-order chi connectivity index (χ1) is 7.81. The van der Waals surface area contributed by atoms with E-state index in [1.54, 1.807) is 17.1 Å². The van der Waals surface area contributed by atoms with Crippen LogP contribution in [0.15, 0.2) is 30.7 Å². The van der Waals surface area contributed by atoms with Gasteiger partial charge < -0.3 is 5.32 Å². The number of hydrogen-bond donors (Lipinski definition) is 2. The molecule has 3 rings (SSSR count). The Morgan fingerprint density at radius 1 is 1.31 bits per heavy atom. The first kappa shape index (κ1) is 8.90. The summed E-state index contributed by atoms with van der Waals surface area (Å²) < 4.78 is 1.73. The molecule has 3 aromatic heterocycles. The smallest absolute Gasteiger partial charge is 0.153 e. The van der Waals surface area contributed by atoms with Crippen LogP contribution in [0.3, 0.4) is 0 Å². The average Bonchev–Trinajstić information content (AvgIpc) is 2.87. The van der Waals surface area contributed by atoms with Crippen molar-refractivity contribution in [1.29, 1.82) is 0 Å². The zero-order valence-corrected chi connectivity index (χ0v) is 8.68. The fraction of sp³-hybridized carbons (Fsp3) is 0.100. The molecule has 0 aromatic carbocycles. The SMILES string of the molecule is Cn1ccc(Nc2cc3[nH]ncc3cn2)n1. The van der Waals surface area contributed by atoms with Crippen LogP contribution in [-0.2, 0) is 7.05 Å². The molecule has 6 heteroatoms. The molecule has 0 saturated carbocycles. The molecule has 80 valence electrons. The third-order valence-corrected chi connectivity index (χ3v) is 2.29. The second kappa shape index (κ2) is 3.34. The predicted molar refractivity (Wildman–Crippen MR) is 60.4 cm³/mol. The van der Waals surface area contributed by atoms with Gasteiger partial charge in [0.25, 0.3) is 0 Å². The van der Waals surface area contributed by atoms with E-state index in [1.165, 1.54) is 0 Å². The maximum atomic E-state index is 4.26. The average molecular weight is 214 g/mol. The molecule has 0 aliphatic carbocycles. The van der Waals surface area contributed by atoms with E-state index in [1.807, 2.05) is 25.4 Å². The van der Waals surface area contributed by atoms with E-state index in [2.05, 4.69) is 25.6 Å². The fourth-order valence-corrected chi connectivity index (χ4v) is 1.52. The Morgan fingerprint density at radius 3 is 3.06 bits per heavy atom. The third-order valence-electron chi connectivity index (χ3n) is 2.29. The zero-order valence-electron chi connectivity index (χ0n) is 8.68. The van der Waals surface area contributed by atoms with Gasteiger partial charge in [0.1, 0.15) is 5.82 Å². The number of H-pyrrole nitrogens is 1. The lowest BCUT2D eigenvalue weighted by Gasteiger charge is -2.00. The molecule has 0 unspecified atom stereocenters. The molecular weight excluding hydrogens is 204 g/mol. The number of pyridine rings is 1. The topological polar surface area (TPSA) is 71.4 Å². The highest BCUT2D eigenvalue weighted by atomic mass is 15.3. The number of nitrogens with zero attached hydrogens (tertiary/aromatic N) is 4. The lowest BCUT2D eigenvalue weighted by molar-refractivity contribution is 0.771. The van der Waals surface area contributed by atoms with Gasteiger partial charge in [-0.05, 0) is 0 Å². The van der Waals surface area contributed by atoms with Gasteiger partial charge in [0.2, 0.25) is 0 Å². The normalized spacial score (nSPS) is 10.8. The molecule has 0 aliphatic rings. The summed E-state index contributed by atoms with van der Waals surface area (Å²) in [4.78, 5) is 4.26. The molecule has 3 aromatic rings. The summed E-state index contributed by atoms with van der Waals surface area (Å²) in [6, 6.07) is 3.79. The van der Waals surface area contributed by atoms with Gasteiger partial charge >= 0.3 is 0 Å². The Balaban J connectivity index is 1.94. The highest BCUT2D eigenvalue weighted by Gasteiger charge is 2.01. The van der Waals surface area contributed by atoms with Crippen LogP contribution in [0.1, 0.15) is 0 Å². The monoisotopic (exact) mass is 214 g/mol. The molecular formula is C10H10N6. The van der Waals surface area contributed by atoms with Crippen molar-refractivity contribution in [2.75, 3.05) is 5.32 Å². The van der Waals surface area contributed by atoms with Gasteiger partial charge in [-0.2, -0.15) is 10.2 Å². The minimum absolute atomic E-state index is 0.746. The summed E-state index contributed by atoms with van der Waals surface area (Å²) in [6.45, 7) is 0. The lowest BCUT2D eigenvalue weighted by atomic mass is 10.3. The van der Waals surface area contributed by atoms with E-state index >= 15 is 0 Å². The van der Waals surface area contributed by atoms with Crippen molar-refractivity contribution in [3.05, 3.63) is 30.7 Å². The molecule has 0 aliphatic heterocycles. The number of aromatic amines is 1. The molecule has 0 spiro atoms. The second-order valence-corrected chi connectivity index (χ2v) is 3.53. The lowest BCUT2D eigenvalue weighted by Crippen LogP contribution is -1.95. The van der Waals surface area contributed by atoms with Gasteiger partial charge in [-0.3, -0.25) is 9.78 Å². The van der Waals surface area contributed by atoms with Crippen LogP contribution in [0.25, 0.3) is 10.9 Å². The number of rotatable bonds is 2. The fourth-order valence-electron chi connectivity index (χ4n) is 1.52. The van der Waals surface area contributed by atoms with Gasteiger partial charge in [0.15, 0.2) is 5.82 Å². The Morgan fingerprint density at radius 2 is 2.25 bits per heavy atom. The zero-order chi connectivity index (χ0) is 11.0. The summed E-state index contributed by atoms with van der Waals surface area (Å²) in [5.74, 6) is 1.52. The van der Waals surface area contributed by atoms with Gasteiger partial charge in [0, 0.05) is 37.0 Å². The van der Waals surface area contributed by atoms with Gasteiger partial charge in [-0.1, -0.05) is 0 Å². The number of nitrogens with one attached hydrogen (secondary N) is 2. The molecule has 0 bridgehead atoms. The molecule has 0 saturated heterocycles. The van der Waals surface area contributed by atoms with Crippen LogP contribution in [0, 0.1) is 0 Å². The van der Waals surface area contributed by atoms with Crippen LogP contribution in [0.5, 0.6) is 0 Å². The van der Waals surface area contributed by atoms with Crippen LogP contribution >= 0.6 is 0 Å². The minimum atomic E-state index is 0.746. The minimum Gasteiger partial charge on any atom is -0.323 e. The highest BCUT2D eigenvalue weighted by molar-refractivity contribution is 5.79. The Bertz CT molecular complexity index is 623. The number of anilines is 2. The Hall–Kier alpha value is -2.37. The molecule has 6 nitrogen and oxygen atoms in total. The van der Waals surface area contributed by atoms with E-state index < -0.39 is 0 Å². The molecule has 3 heterocycles. The standard InChI is InChI=1S/C10H10N6/c1-16-3-2-9(15-16)13-10-4-8-7(5-11-10)6-12-14-8/h2-6H,1H3,(H,12,14)(H,11,13,15). The van der Waals surface area contributed by atoms with Crippen LogP contribution in [0.2, 0.25) is 0 Å². The van der Waals surface area contributed by atoms with Gasteiger partial charge in [-0.15, -0.1) is 0 Å². The number of fused-ring (bicyclic) bond motifs is 1. The molecule has 0 radical (unpaired) electrons. The second-order valence-electron chi connectivity index (χ2n) is 3.53. The summed E-state index contributed by atoms with van der Waals surface area (Å²) >= 11 is 0. The van der Waals surface area contributed by atoms with Gasteiger partial charge in [-0.25, -0.2) is 4.98 Å². The van der Waals surface area contributed by atoms with E-state index in [9.17, 15) is 0 Å². The van der Waals surface area contributed by atoms with E-state index in [4.69, 9.17) is 0 Å². The molecule has 0 fully saturated rings. The van der Waals surface area contributed by atoms with Crippen molar-refractivity contribution < 1.29 is 0 Å². The van der Waals surface area contributed by atoms with Crippen molar-refractivity contribution in [3.63, 3.8) is 0 Å². The van der Waals surface area contributed by atoms with Crippen molar-refractivity contribution >= 4 is 22.5 Å². The summed E-state index contributed by atoms with van der Waals surface area (Å²) in [7, 11) is 1.87. The van der Waals surface area contributed by atoms with Crippen molar-refractivity contribution in [2.45, 2.75) is 0 Å². The number of hydrogen-bond acceptors (Lipinski definition) is 4. The van der Waals surface area contributed by atoms with E-state index in [0.717, 1.165) is 22.5 Å². The van der Waals surface area contributed by atoms with E-state index in [0.29, 0.717) is 0 Å². The van der Waals surface area contributed by atoms with Gasteiger partial charge in [0.05, 0.1) is 11.7 Å². The highest BCUT2D eigenvalue weighted by Crippen LogP contribution is 2.16. The summed E-state index contributed by atoms with van der Waals surface area (Å²) in [5, 5.41) is 15.2.